The maximum absolute atomic E-state index is 15.1. The highest BCUT2D eigenvalue weighted by atomic mass is 16.8. The number of aliphatic hydroxyl groups is 13. The number of rotatable bonds is 11. The number of ether oxygens (including phenoxy) is 8. The number of carbonyl (C=O) groups is 1. The van der Waals surface area contributed by atoms with Gasteiger partial charge in [-0.15, -0.1) is 0 Å². The molecule has 5 aliphatic carbocycles. The molecule has 8 fully saturated rings. The van der Waals surface area contributed by atoms with Crippen LogP contribution in [-0.2, 0) is 42.7 Å². The number of esters is 1. The highest BCUT2D eigenvalue weighted by Gasteiger charge is 2.70. The average molecular weight is 1090 g/mol. The highest BCUT2D eigenvalue weighted by molar-refractivity contribution is 5.79. The summed E-state index contributed by atoms with van der Waals surface area (Å²) in [5.41, 5.74) is -0.996. The fraction of sp³-hybridized carbons (Fsp3) is 0.944. The molecular weight excluding hydrogens is 1000 g/mol. The minimum absolute atomic E-state index is 0.0583. The van der Waals surface area contributed by atoms with Crippen LogP contribution >= 0.6 is 0 Å². The van der Waals surface area contributed by atoms with Crippen LogP contribution in [0.15, 0.2) is 11.6 Å². The molecule has 4 saturated heterocycles. The zero-order valence-electron chi connectivity index (χ0n) is 45.1. The Bertz CT molecular complexity index is 2080. The van der Waals surface area contributed by atoms with E-state index in [1.807, 2.05) is 0 Å². The lowest BCUT2D eigenvalue weighted by molar-refractivity contribution is -0.376. The number of carbonyl (C=O) groups excluding carboxylic acids is 1. The summed E-state index contributed by atoms with van der Waals surface area (Å²) < 4.78 is 48.0. The fourth-order valence-electron chi connectivity index (χ4n) is 16.6. The van der Waals surface area contributed by atoms with E-state index >= 15 is 4.79 Å². The average Bonchev–Trinajstić information content (AvgIpc) is 3.46. The summed E-state index contributed by atoms with van der Waals surface area (Å²) in [5, 5.41) is 138. The summed E-state index contributed by atoms with van der Waals surface area (Å²) >= 11 is 0. The largest absolute Gasteiger partial charge is 0.432 e. The third kappa shape index (κ3) is 9.38. The Kier molecular flexibility index (Phi) is 16.8. The molecule has 30 atom stereocenters. The van der Waals surface area contributed by atoms with Crippen LogP contribution in [0.3, 0.4) is 0 Å². The maximum atomic E-state index is 15.1. The molecule has 76 heavy (non-hydrogen) atoms. The van der Waals surface area contributed by atoms with E-state index in [1.54, 1.807) is 0 Å². The first-order valence-corrected chi connectivity index (χ1v) is 27.8. The van der Waals surface area contributed by atoms with Crippen molar-refractivity contribution in [1.82, 2.24) is 0 Å². The van der Waals surface area contributed by atoms with Crippen LogP contribution in [0.2, 0.25) is 0 Å². The second kappa shape index (κ2) is 21.6. The van der Waals surface area contributed by atoms with E-state index in [4.69, 9.17) is 37.9 Å². The predicted molar refractivity (Wildman–Crippen MR) is 261 cm³/mol. The van der Waals surface area contributed by atoms with Crippen molar-refractivity contribution in [1.29, 1.82) is 0 Å². The second-order valence-electron chi connectivity index (χ2n) is 25.7. The quantitative estimate of drug-likeness (QED) is 0.0660. The van der Waals surface area contributed by atoms with Gasteiger partial charge in [-0.3, -0.25) is 4.79 Å². The molecule has 0 unspecified atom stereocenters. The van der Waals surface area contributed by atoms with E-state index in [1.165, 1.54) is 12.5 Å². The van der Waals surface area contributed by atoms with Gasteiger partial charge in [-0.25, -0.2) is 0 Å². The third-order valence-corrected chi connectivity index (χ3v) is 21.7. The van der Waals surface area contributed by atoms with Gasteiger partial charge in [-0.1, -0.05) is 60.1 Å². The summed E-state index contributed by atoms with van der Waals surface area (Å²) in [6, 6.07) is 0. The van der Waals surface area contributed by atoms with Gasteiger partial charge in [0, 0.05) is 0 Å². The number of aliphatic hydroxyl groups excluding tert-OH is 13. The summed E-state index contributed by atoms with van der Waals surface area (Å²) in [7, 11) is 0. The molecule has 4 saturated carbocycles. The van der Waals surface area contributed by atoms with Crippen LogP contribution < -0.4 is 0 Å². The van der Waals surface area contributed by atoms with Crippen molar-refractivity contribution in [2.75, 3.05) is 19.8 Å². The van der Waals surface area contributed by atoms with Crippen LogP contribution in [0, 0.1) is 56.7 Å². The van der Waals surface area contributed by atoms with Crippen molar-refractivity contribution in [3.8, 4) is 0 Å². The molecule has 0 aromatic heterocycles. The van der Waals surface area contributed by atoms with Crippen LogP contribution in [0.25, 0.3) is 0 Å². The smallest absolute Gasteiger partial charge is 0.315 e. The zero-order chi connectivity index (χ0) is 55.5. The van der Waals surface area contributed by atoms with Crippen molar-refractivity contribution in [3.63, 3.8) is 0 Å². The van der Waals surface area contributed by atoms with Crippen LogP contribution in [0.4, 0.5) is 0 Å². The van der Waals surface area contributed by atoms with Crippen LogP contribution in [0.5, 0.6) is 0 Å². The van der Waals surface area contributed by atoms with Gasteiger partial charge in [0.15, 0.2) is 18.9 Å². The molecule has 0 amide bonds. The molecule has 0 spiro atoms. The molecular formula is C54H88O22. The third-order valence-electron chi connectivity index (χ3n) is 21.7. The van der Waals surface area contributed by atoms with Crippen LogP contribution in [-0.4, -0.2) is 221 Å². The van der Waals surface area contributed by atoms with E-state index < -0.39 is 166 Å². The Labute approximate surface area is 444 Å². The molecule has 4 heterocycles. The number of allylic oxidation sites excluding steroid dienone is 2. The molecule has 0 aromatic rings. The minimum Gasteiger partial charge on any atom is -0.432 e. The van der Waals surface area contributed by atoms with Gasteiger partial charge < -0.3 is 104 Å². The first-order chi connectivity index (χ1) is 35.6. The van der Waals surface area contributed by atoms with Gasteiger partial charge in [0.05, 0.1) is 37.4 Å². The van der Waals surface area contributed by atoms with E-state index in [9.17, 15) is 66.4 Å². The first-order valence-electron chi connectivity index (χ1n) is 27.8. The summed E-state index contributed by atoms with van der Waals surface area (Å²) in [5.74, 6) is -0.124. The molecule has 9 rings (SSSR count). The van der Waals surface area contributed by atoms with Crippen molar-refractivity contribution in [2.24, 2.45) is 56.7 Å². The van der Waals surface area contributed by atoms with Crippen molar-refractivity contribution in [2.45, 2.75) is 242 Å². The SMILES string of the molecule is C[C@H]1[C@H](C)CC[C@]2(C(=O)O[C@@H]3O[C@H](CO[C@@H]4O[C@H](CO)[C@@H](O)[C@H](O)[C@H]4O)[C@@H](O)[C@H](O)[C@H]3O)CC[C@]3(C)C(=CC[C@@H]4[C@@]5(C)CC[C@H](O[C@@H]6O[C@H](CO)[C@@H](O)[C@H](O)[C@H]6O[C@@H]6O[C@@H](C)[C@H](O)[C@@H](O)[C@H]6O)C(C)(C)[C@@H]5CC[C@]43C)[C@H]12. The monoisotopic (exact) mass is 1090 g/mol. The summed E-state index contributed by atoms with van der Waals surface area (Å²) in [6.07, 6.45) is -22.6. The molecule has 9 aliphatic rings. The summed E-state index contributed by atoms with van der Waals surface area (Å²) in [4.78, 5) is 15.1. The minimum atomic E-state index is -1.83. The van der Waals surface area contributed by atoms with Crippen molar-refractivity contribution < 1.29 is 109 Å². The van der Waals surface area contributed by atoms with E-state index in [0.717, 1.165) is 32.1 Å². The first kappa shape index (κ1) is 59.0. The summed E-state index contributed by atoms with van der Waals surface area (Å²) in [6.45, 7) is 15.6. The molecule has 13 N–H and O–H groups in total. The lowest BCUT2D eigenvalue weighted by Crippen LogP contribution is -2.67. The molecule has 4 aliphatic heterocycles. The zero-order valence-corrected chi connectivity index (χ0v) is 45.1. The number of hydrogen-bond acceptors (Lipinski definition) is 22. The Balaban J connectivity index is 0.932. The van der Waals surface area contributed by atoms with E-state index in [-0.39, 0.29) is 45.8 Å². The number of hydrogen-bond donors (Lipinski definition) is 13. The standard InChI is InChI=1S/C54H88O22/c1-22-11-16-54(49(68)76-47-43(67)39(63)36(60)28(73-47)21-69-45-41(65)38(62)34(58)26(19-55)71-45)18-17-52(7)25(32(54)23(22)2)9-10-30-51(6)14-13-31(50(4,5)29(51)12-15-53(30,52)8)74-48-44(40(64)35(59)27(20-56)72-48)75-46-42(66)37(61)33(57)24(3)70-46/h9,22-24,26-48,55-67H,10-21H2,1-8H3/t22-,23+,24+,26-,27-,28-,29+,30-,31+,32+,33+,34-,35-,36-,37-,38+,39+,40+,41-,42-,43-,44-,45-,46+,47+,48+,51+,52-,53-,54+/m1/s1. The second-order valence-corrected chi connectivity index (χ2v) is 25.7. The Morgan fingerprint density at radius 1 is 0.579 bits per heavy atom. The topological polar surface area (TPSA) is 354 Å². The van der Waals surface area contributed by atoms with E-state index in [2.05, 4.69) is 54.5 Å². The molecule has 0 radical (unpaired) electrons. The molecule has 22 heteroatoms. The Morgan fingerprint density at radius 3 is 1.82 bits per heavy atom. The van der Waals surface area contributed by atoms with Crippen LogP contribution in [0.1, 0.15) is 113 Å². The Hall–Kier alpha value is -1.59. The van der Waals surface area contributed by atoms with Gasteiger partial charge in [0.2, 0.25) is 6.29 Å². The molecule has 0 aromatic carbocycles. The normalized spacial score (nSPS) is 55.2. The van der Waals surface area contributed by atoms with Gasteiger partial charge >= 0.3 is 5.97 Å². The van der Waals surface area contributed by atoms with E-state index in [0.29, 0.717) is 25.7 Å². The molecule has 22 nitrogen and oxygen atoms in total. The van der Waals surface area contributed by atoms with Gasteiger partial charge in [-0.2, -0.15) is 0 Å². The maximum Gasteiger partial charge on any atom is 0.315 e. The highest BCUT2D eigenvalue weighted by Crippen LogP contribution is 2.76. The Morgan fingerprint density at radius 2 is 1.16 bits per heavy atom. The lowest BCUT2D eigenvalue weighted by atomic mass is 9.33. The predicted octanol–water partition coefficient (Wildman–Crippen LogP) is -1.15. The lowest BCUT2D eigenvalue weighted by Gasteiger charge is -2.71. The fourth-order valence-corrected chi connectivity index (χ4v) is 16.6. The van der Waals surface area contributed by atoms with Gasteiger partial charge in [0.25, 0.3) is 0 Å². The number of fused-ring (bicyclic) bond motifs is 7. The molecule has 436 valence electrons. The van der Waals surface area contributed by atoms with Crippen molar-refractivity contribution in [3.05, 3.63) is 11.6 Å². The molecule has 0 bridgehead atoms. The van der Waals surface area contributed by atoms with Crippen molar-refractivity contribution >= 4 is 5.97 Å². The van der Waals surface area contributed by atoms with Gasteiger partial charge in [-0.05, 0) is 116 Å². The van der Waals surface area contributed by atoms with Gasteiger partial charge in [0.1, 0.15) is 91.6 Å².